The lowest BCUT2D eigenvalue weighted by molar-refractivity contribution is -0.115. The molecular weight excluding hydrogens is 315 g/mol. The van der Waals surface area contributed by atoms with Crippen molar-refractivity contribution in [3.8, 4) is 0 Å². The van der Waals surface area contributed by atoms with Crippen molar-refractivity contribution >= 4 is 28.9 Å². The average molecular weight is 335 g/mol. The second-order valence-electron chi connectivity index (χ2n) is 5.63. The SMILES string of the molecule is CC(C)c1ccc(NC(=O)CCNc2ccc(F)c(Cl)c2)cc1. The predicted octanol–water partition coefficient (Wildman–Crippen LogP) is 5.04. The maximum atomic E-state index is 13.0. The number of benzene rings is 2. The molecule has 0 spiro atoms. The van der Waals surface area contributed by atoms with Crippen LogP contribution in [0.15, 0.2) is 42.5 Å². The summed E-state index contributed by atoms with van der Waals surface area (Å²) in [6.45, 7) is 4.69. The van der Waals surface area contributed by atoms with Gasteiger partial charge in [0.05, 0.1) is 5.02 Å². The van der Waals surface area contributed by atoms with E-state index in [0.717, 1.165) is 5.69 Å². The smallest absolute Gasteiger partial charge is 0.226 e. The Labute approximate surface area is 140 Å². The van der Waals surface area contributed by atoms with Crippen LogP contribution in [0.1, 0.15) is 31.7 Å². The maximum absolute atomic E-state index is 13.0. The fraction of sp³-hybridized carbons (Fsp3) is 0.278. The Hall–Kier alpha value is -2.07. The highest BCUT2D eigenvalue weighted by Gasteiger charge is 2.05. The molecule has 0 atom stereocenters. The fourth-order valence-electron chi connectivity index (χ4n) is 2.10. The molecule has 3 nitrogen and oxygen atoms in total. The van der Waals surface area contributed by atoms with Gasteiger partial charge in [0.1, 0.15) is 5.82 Å². The fourth-order valence-corrected chi connectivity index (χ4v) is 2.28. The van der Waals surface area contributed by atoms with Crippen molar-refractivity contribution in [1.29, 1.82) is 0 Å². The van der Waals surface area contributed by atoms with E-state index in [1.165, 1.54) is 17.7 Å². The van der Waals surface area contributed by atoms with E-state index in [0.29, 0.717) is 24.6 Å². The van der Waals surface area contributed by atoms with E-state index in [-0.39, 0.29) is 10.9 Å². The zero-order valence-corrected chi connectivity index (χ0v) is 14.0. The lowest BCUT2D eigenvalue weighted by Crippen LogP contribution is -2.16. The van der Waals surface area contributed by atoms with E-state index in [1.807, 2.05) is 24.3 Å². The van der Waals surface area contributed by atoms with Gasteiger partial charge in [0.15, 0.2) is 0 Å². The van der Waals surface area contributed by atoms with Gasteiger partial charge >= 0.3 is 0 Å². The van der Waals surface area contributed by atoms with E-state index < -0.39 is 5.82 Å². The molecule has 0 saturated heterocycles. The number of hydrogen-bond donors (Lipinski definition) is 2. The number of halogens is 2. The second kappa shape index (κ2) is 7.97. The molecular formula is C18H20ClFN2O. The van der Waals surface area contributed by atoms with Gasteiger partial charge in [-0.1, -0.05) is 37.6 Å². The molecule has 0 heterocycles. The van der Waals surface area contributed by atoms with Crippen molar-refractivity contribution in [3.63, 3.8) is 0 Å². The van der Waals surface area contributed by atoms with E-state index in [1.54, 1.807) is 6.07 Å². The highest BCUT2D eigenvalue weighted by Crippen LogP contribution is 2.19. The zero-order valence-electron chi connectivity index (χ0n) is 13.2. The molecule has 0 aliphatic carbocycles. The molecule has 0 saturated carbocycles. The summed E-state index contributed by atoms with van der Waals surface area (Å²) in [5.41, 5.74) is 2.70. The molecule has 0 bridgehead atoms. The Kier molecular flexibility index (Phi) is 5.99. The molecule has 0 fully saturated rings. The average Bonchev–Trinajstić information content (AvgIpc) is 2.51. The largest absolute Gasteiger partial charge is 0.384 e. The van der Waals surface area contributed by atoms with Gasteiger partial charge in [-0.15, -0.1) is 0 Å². The van der Waals surface area contributed by atoms with Crippen LogP contribution in [-0.4, -0.2) is 12.5 Å². The van der Waals surface area contributed by atoms with E-state index in [9.17, 15) is 9.18 Å². The summed E-state index contributed by atoms with van der Waals surface area (Å²) >= 11 is 5.70. The summed E-state index contributed by atoms with van der Waals surface area (Å²) < 4.78 is 13.0. The monoisotopic (exact) mass is 334 g/mol. The molecule has 2 aromatic carbocycles. The third-order valence-corrected chi connectivity index (χ3v) is 3.75. The van der Waals surface area contributed by atoms with Crippen LogP contribution < -0.4 is 10.6 Å². The van der Waals surface area contributed by atoms with Gasteiger partial charge < -0.3 is 10.6 Å². The Morgan fingerprint density at radius 1 is 1.13 bits per heavy atom. The Morgan fingerprint density at radius 3 is 2.39 bits per heavy atom. The van der Waals surface area contributed by atoms with Gasteiger partial charge in [0.25, 0.3) is 0 Å². The van der Waals surface area contributed by atoms with Crippen molar-refractivity contribution in [2.75, 3.05) is 17.2 Å². The number of rotatable bonds is 6. The van der Waals surface area contributed by atoms with E-state index >= 15 is 0 Å². The quantitative estimate of drug-likeness (QED) is 0.776. The number of nitrogens with one attached hydrogen (secondary N) is 2. The summed E-state index contributed by atoms with van der Waals surface area (Å²) in [4.78, 5) is 11.9. The van der Waals surface area contributed by atoms with Crippen molar-refractivity contribution in [2.45, 2.75) is 26.2 Å². The molecule has 0 aliphatic rings. The summed E-state index contributed by atoms with van der Waals surface area (Å²) in [5.74, 6) is -0.0747. The lowest BCUT2D eigenvalue weighted by Gasteiger charge is -2.09. The molecule has 2 aromatic rings. The zero-order chi connectivity index (χ0) is 16.8. The Balaban J connectivity index is 1.79. The van der Waals surface area contributed by atoms with Crippen molar-refractivity contribution in [2.24, 2.45) is 0 Å². The van der Waals surface area contributed by atoms with E-state index in [2.05, 4.69) is 24.5 Å². The van der Waals surface area contributed by atoms with E-state index in [4.69, 9.17) is 11.6 Å². The minimum absolute atomic E-state index is 0.0599. The van der Waals surface area contributed by atoms with Gasteiger partial charge in [-0.3, -0.25) is 4.79 Å². The van der Waals surface area contributed by atoms with Crippen LogP contribution >= 0.6 is 11.6 Å². The standard InChI is InChI=1S/C18H20ClFN2O/c1-12(2)13-3-5-14(6-4-13)22-18(23)9-10-21-15-7-8-17(20)16(19)11-15/h3-8,11-12,21H,9-10H2,1-2H3,(H,22,23). The van der Waals surface area contributed by atoms with Crippen molar-refractivity contribution < 1.29 is 9.18 Å². The topological polar surface area (TPSA) is 41.1 Å². The van der Waals surface area contributed by atoms with Crippen LogP contribution in [0.3, 0.4) is 0 Å². The first-order chi connectivity index (χ1) is 11.0. The van der Waals surface area contributed by atoms with Crippen LogP contribution in [0.4, 0.5) is 15.8 Å². The van der Waals surface area contributed by atoms with Gasteiger partial charge in [-0.05, 0) is 41.8 Å². The third-order valence-electron chi connectivity index (χ3n) is 3.46. The number of anilines is 2. The summed E-state index contributed by atoms with van der Waals surface area (Å²) in [6, 6.07) is 12.2. The van der Waals surface area contributed by atoms with Crippen molar-refractivity contribution in [3.05, 3.63) is 58.9 Å². The van der Waals surface area contributed by atoms with Gasteiger partial charge in [0, 0.05) is 24.3 Å². The molecule has 5 heteroatoms. The first-order valence-electron chi connectivity index (χ1n) is 7.54. The number of carbonyl (C=O) groups is 1. The minimum atomic E-state index is -0.459. The highest BCUT2D eigenvalue weighted by molar-refractivity contribution is 6.31. The molecule has 0 radical (unpaired) electrons. The van der Waals surface area contributed by atoms with Crippen LogP contribution in [-0.2, 0) is 4.79 Å². The number of hydrogen-bond acceptors (Lipinski definition) is 2. The minimum Gasteiger partial charge on any atom is -0.384 e. The van der Waals surface area contributed by atoms with Gasteiger partial charge in [0.2, 0.25) is 5.91 Å². The number of carbonyl (C=O) groups excluding carboxylic acids is 1. The molecule has 23 heavy (non-hydrogen) atoms. The molecule has 122 valence electrons. The number of amides is 1. The van der Waals surface area contributed by atoms with Crippen LogP contribution in [0.25, 0.3) is 0 Å². The summed E-state index contributed by atoms with van der Waals surface area (Å²) in [7, 11) is 0. The molecule has 2 rings (SSSR count). The highest BCUT2D eigenvalue weighted by atomic mass is 35.5. The van der Waals surface area contributed by atoms with Crippen LogP contribution in [0.5, 0.6) is 0 Å². The van der Waals surface area contributed by atoms with Gasteiger partial charge in [-0.25, -0.2) is 4.39 Å². The molecule has 2 N–H and O–H groups in total. The summed E-state index contributed by atoms with van der Waals surface area (Å²) in [6.07, 6.45) is 0.306. The molecule has 1 amide bonds. The first-order valence-corrected chi connectivity index (χ1v) is 7.92. The normalized spacial score (nSPS) is 10.7. The van der Waals surface area contributed by atoms with Crippen LogP contribution in [0, 0.1) is 5.82 Å². The molecule has 0 unspecified atom stereocenters. The van der Waals surface area contributed by atoms with Crippen LogP contribution in [0.2, 0.25) is 5.02 Å². The Morgan fingerprint density at radius 2 is 1.78 bits per heavy atom. The summed E-state index contributed by atoms with van der Waals surface area (Å²) in [5, 5.41) is 5.95. The Bertz CT molecular complexity index is 671. The van der Waals surface area contributed by atoms with Gasteiger partial charge in [-0.2, -0.15) is 0 Å². The lowest BCUT2D eigenvalue weighted by atomic mass is 10.0. The third kappa shape index (κ3) is 5.25. The first kappa shape index (κ1) is 17.3. The van der Waals surface area contributed by atoms with Crippen molar-refractivity contribution in [1.82, 2.24) is 0 Å². The molecule has 0 aliphatic heterocycles. The predicted molar refractivity (Wildman–Crippen MR) is 93.7 cm³/mol. The molecule has 0 aromatic heterocycles. The second-order valence-corrected chi connectivity index (χ2v) is 6.04. The maximum Gasteiger partial charge on any atom is 0.226 e.